The van der Waals surface area contributed by atoms with Crippen LogP contribution >= 0.6 is 11.6 Å². The third-order valence-corrected chi connectivity index (χ3v) is 2.32. The van der Waals surface area contributed by atoms with Gasteiger partial charge in [0.15, 0.2) is 5.78 Å². The molecule has 0 fully saturated rings. The number of hydrogen-bond donors (Lipinski definition) is 0. The summed E-state index contributed by atoms with van der Waals surface area (Å²) in [6.07, 6.45) is -2.73. The van der Waals surface area contributed by atoms with Gasteiger partial charge in [0.25, 0.3) is 6.43 Å². The van der Waals surface area contributed by atoms with Crippen molar-refractivity contribution in [3.8, 4) is 5.75 Å². The van der Waals surface area contributed by atoms with Crippen LogP contribution in [0.5, 0.6) is 5.75 Å². The Morgan fingerprint density at radius 2 is 2.06 bits per heavy atom. The fraction of sp³-hybridized carbons (Fsp3) is 0.364. The van der Waals surface area contributed by atoms with Gasteiger partial charge in [0.05, 0.1) is 12.5 Å². The van der Waals surface area contributed by atoms with Crippen LogP contribution < -0.4 is 4.74 Å². The molecule has 1 unspecified atom stereocenters. The first kappa shape index (κ1) is 12.9. The molecule has 1 atom stereocenters. The first-order chi connectivity index (χ1) is 7.47. The van der Waals surface area contributed by atoms with E-state index in [1.807, 2.05) is 0 Å². The number of Topliss-reactive ketones (excluding diaryl/α,β-unsaturated/α-hetero) is 1. The van der Waals surface area contributed by atoms with Gasteiger partial charge in [-0.2, -0.15) is 0 Å². The summed E-state index contributed by atoms with van der Waals surface area (Å²) in [6, 6.07) is 3.91. The van der Waals surface area contributed by atoms with Crippen molar-refractivity contribution in [2.24, 2.45) is 0 Å². The molecular weight excluding hydrogens is 238 g/mol. The lowest BCUT2D eigenvalue weighted by Crippen LogP contribution is -2.13. The minimum atomic E-state index is -2.73. The molecule has 0 bridgehead atoms. The van der Waals surface area contributed by atoms with Gasteiger partial charge >= 0.3 is 0 Å². The molecular formula is C11H11ClF2O2. The van der Waals surface area contributed by atoms with Crippen LogP contribution in [0, 0.1) is 0 Å². The standard InChI is InChI=1S/C11H11ClF2O2/c1-6(12)10(15)8-4-3-7(16-2)5-9(8)11(13)14/h3-6,11H,1-2H3. The highest BCUT2D eigenvalue weighted by atomic mass is 35.5. The van der Waals surface area contributed by atoms with Gasteiger partial charge in [0.2, 0.25) is 0 Å². The number of carbonyl (C=O) groups excluding carboxylic acids is 1. The Hall–Kier alpha value is -1.16. The minimum Gasteiger partial charge on any atom is -0.497 e. The van der Waals surface area contributed by atoms with E-state index < -0.39 is 17.6 Å². The number of halogens is 3. The van der Waals surface area contributed by atoms with Crippen molar-refractivity contribution in [3.63, 3.8) is 0 Å². The smallest absolute Gasteiger partial charge is 0.264 e. The van der Waals surface area contributed by atoms with Gasteiger partial charge in [0.1, 0.15) is 5.75 Å². The summed E-state index contributed by atoms with van der Waals surface area (Å²) in [5, 5.41) is -0.828. The Morgan fingerprint density at radius 3 is 2.50 bits per heavy atom. The normalized spacial score (nSPS) is 12.6. The average Bonchev–Trinajstić information content (AvgIpc) is 2.26. The maximum atomic E-state index is 12.7. The molecule has 0 aliphatic rings. The van der Waals surface area contributed by atoms with E-state index in [2.05, 4.69) is 0 Å². The van der Waals surface area contributed by atoms with Gasteiger partial charge in [-0.25, -0.2) is 8.78 Å². The van der Waals surface area contributed by atoms with E-state index in [0.29, 0.717) is 0 Å². The number of ether oxygens (including phenoxy) is 1. The fourth-order valence-corrected chi connectivity index (χ4v) is 1.40. The molecule has 0 aromatic heterocycles. The van der Waals surface area contributed by atoms with Crippen LogP contribution in [0.3, 0.4) is 0 Å². The summed E-state index contributed by atoms with van der Waals surface area (Å²) >= 11 is 5.59. The molecule has 0 N–H and O–H groups in total. The fourth-order valence-electron chi connectivity index (χ4n) is 1.29. The highest BCUT2D eigenvalue weighted by Crippen LogP contribution is 2.28. The Balaban J connectivity index is 3.23. The number of rotatable bonds is 4. The van der Waals surface area contributed by atoms with Crippen LogP contribution in [0.15, 0.2) is 18.2 Å². The van der Waals surface area contributed by atoms with Crippen LogP contribution in [0.1, 0.15) is 29.3 Å². The maximum Gasteiger partial charge on any atom is 0.264 e. The molecule has 0 aliphatic heterocycles. The van der Waals surface area contributed by atoms with Crippen molar-refractivity contribution in [3.05, 3.63) is 29.3 Å². The van der Waals surface area contributed by atoms with E-state index in [9.17, 15) is 13.6 Å². The topological polar surface area (TPSA) is 26.3 Å². The van der Waals surface area contributed by atoms with Crippen LogP contribution in [0.4, 0.5) is 8.78 Å². The molecule has 2 nitrogen and oxygen atoms in total. The second kappa shape index (κ2) is 5.25. The molecule has 0 aliphatic carbocycles. The molecule has 1 aromatic carbocycles. The third kappa shape index (κ3) is 2.70. The number of hydrogen-bond acceptors (Lipinski definition) is 2. The number of ketones is 1. The zero-order valence-electron chi connectivity index (χ0n) is 8.84. The molecule has 0 saturated carbocycles. The van der Waals surface area contributed by atoms with Crippen molar-refractivity contribution >= 4 is 17.4 Å². The number of methoxy groups -OCH3 is 1. The second-order valence-corrected chi connectivity index (χ2v) is 3.89. The molecule has 0 saturated heterocycles. The Labute approximate surface area is 97.2 Å². The van der Waals surface area contributed by atoms with Gasteiger partial charge in [-0.3, -0.25) is 4.79 Å². The summed E-state index contributed by atoms with van der Waals surface area (Å²) < 4.78 is 30.3. The summed E-state index contributed by atoms with van der Waals surface area (Å²) in [5.41, 5.74) is -0.407. The Morgan fingerprint density at radius 1 is 1.44 bits per heavy atom. The van der Waals surface area contributed by atoms with Crippen molar-refractivity contribution in [2.75, 3.05) is 7.11 Å². The zero-order valence-corrected chi connectivity index (χ0v) is 9.59. The number of alkyl halides is 3. The predicted octanol–water partition coefficient (Wildman–Crippen LogP) is 3.44. The lowest BCUT2D eigenvalue weighted by Gasteiger charge is -2.10. The van der Waals surface area contributed by atoms with E-state index in [1.54, 1.807) is 0 Å². The van der Waals surface area contributed by atoms with E-state index in [1.165, 1.54) is 26.2 Å². The monoisotopic (exact) mass is 248 g/mol. The molecule has 0 amide bonds. The molecule has 5 heteroatoms. The van der Waals surface area contributed by atoms with Gasteiger partial charge in [-0.05, 0) is 25.1 Å². The number of carbonyl (C=O) groups is 1. The van der Waals surface area contributed by atoms with E-state index in [0.717, 1.165) is 6.07 Å². The van der Waals surface area contributed by atoms with Crippen molar-refractivity contribution < 1.29 is 18.3 Å². The molecule has 16 heavy (non-hydrogen) atoms. The number of benzene rings is 1. The van der Waals surface area contributed by atoms with E-state index in [-0.39, 0.29) is 16.9 Å². The Bertz CT molecular complexity index is 392. The highest BCUT2D eigenvalue weighted by Gasteiger charge is 2.21. The highest BCUT2D eigenvalue weighted by molar-refractivity contribution is 6.33. The van der Waals surface area contributed by atoms with Crippen LogP contribution in [0.25, 0.3) is 0 Å². The quantitative estimate of drug-likeness (QED) is 0.603. The first-order valence-electron chi connectivity index (χ1n) is 4.61. The minimum absolute atomic E-state index is 0.0571. The van der Waals surface area contributed by atoms with Gasteiger partial charge in [0, 0.05) is 11.1 Å². The summed E-state index contributed by atoms with van der Waals surface area (Å²) in [4.78, 5) is 11.6. The van der Waals surface area contributed by atoms with Crippen molar-refractivity contribution in [1.82, 2.24) is 0 Å². The van der Waals surface area contributed by atoms with Crippen LogP contribution in [-0.2, 0) is 0 Å². The lowest BCUT2D eigenvalue weighted by molar-refractivity contribution is 0.0977. The second-order valence-electron chi connectivity index (χ2n) is 3.23. The predicted molar refractivity (Wildman–Crippen MR) is 57.6 cm³/mol. The molecule has 0 spiro atoms. The van der Waals surface area contributed by atoms with Crippen LogP contribution in [0.2, 0.25) is 0 Å². The molecule has 1 rings (SSSR count). The van der Waals surface area contributed by atoms with Crippen molar-refractivity contribution in [2.45, 2.75) is 18.7 Å². The van der Waals surface area contributed by atoms with E-state index in [4.69, 9.17) is 16.3 Å². The lowest BCUT2D eigenvalue weighted by atomic mass is 10.0. The SMILES string of the molecule is COc1ccc(C(=O)C(C)Cl)c(C(F)F)c1. The molecule has 1 aromatic rings. The first-order valence-corrected chi connectivity index (χ1v) is 5.05. The zero-order chi connectivity index (χ0) is 12.3. The third-order valence-electron chi connectivity index (χ3n) is 2.12. The van der Waals surface area contributed by atoms with Crippen molar-refractivity contribution in [1.29, 1.82) is 0 Å². The maximum absolute atomic E-state index is 12.7. The summed E-state index contributed by atoms with van der Waals surface area (Å²) in [7, 11) is 1.37. The molecule has 0 heterocycles. The van der Waals surface area contributed by atoms with Gasteiger partial charge in [-0.1, -0.05) is 0 Å². The Kier molecular flexibility index (Phi) is 4.24. The summed E-state index contributed by atoms with van der Waals surface area (Å²) in [5.74, 6) is -0.228. The van der Waals surface area contributed by atoms with E-state index >= 15 is 0 Å². The van der Waals surface area contributed by atoms with Gasteiger partial charge < -0.3 is 4.74 Å². The molecule has 0 radical (unpaired) electrons. The largest absolute Gasteiger partial charge is 0.497 e. The average molecular weight is 249 g/mol. The summed E-state index contributed by atoms with van der Waals surface area (Å²) in [6.45, 7) is 1.45. The molecule has 88 valence electrons. The van der Waals surface area contributed by atoms with Crippen LogP contribution in [-0.4, -0.2) is 18.3 Å². The van der Waals surface area contributed by atoms with Gasteiger partial charge in [-0.15, -0.1) is 11.6 Å².